The molecule has 1 rings (SSSR count). The molecule has 0 radical (unpaired) electrons. The summed E-state index contributed by atoms with van der Waals surface area (Å²) in [6.45, 7) is 1.38. The minimum atomic E-state index is -4.31. The molecule has 0 N–H and O–H groups in total. The van der Waals surface area contributed by atoms with Crippen LogP contribution in [0.4, 0.5) is 13.2 Å². The summed E-state index contributed by atoms with van der Waals surface area (Å²) >= 11 is 2.80. The molecule has 66 valence electrons. The van der Waals surface area contributed by atoms with Gasteiger partial charge in [-0.1, -0.05) is 0 Å². The van der Waals surface area contributed by atoms with Gasteiger partial charge in [-0.15, -0.1) is 0 Å². The van der Waals surface area contributed by atoms with Crippen LogP contribution >= 0.6 is 15.9 Å². The standard InChI is InChI=1S/C7H5BrF3N/c1-4-2-12-3-5(8)6(4)7(9,10)11/h2-3H,1H3. The van der Waals surface area contributed by atoms with E-state index >= 15 is 0 Å². The van der Waals surface area contributed by atoms with Crippen molar-refractivity contribution in [3.63, 3.8) is 0 Å². The van der Waals surface area contributed by atoms with Crippen LogP contribution in [0.25, 0.3) is 0 Å². The van der Waals surface area contributed by atoms with Gasteiger partial charge >= 0.3 is 6.18 Å². The molecule has 0 spiro atoms. The van der Waals surface area contributed by atoms with Gasteiger partial charge in [-0.25, -0.2) is 0 Å². The summed E-state index contributed by atoms with van der Waals surface area (Å²) in [6.07, 6.45) is -1.99. The van der Waals surface area contributed by atoms with Crippen LogP contribution < -0.4 is 0 Å². The molecule has 0 bridgehead atoms. The van der Waals surface area contributed by atoms with Crippen LogP contribution in [0.5, 0.6) is 0 Å². The van der Waals surface area contributed by atoms with Crippen molar-refractivity contribution in [3.8, 4) is 0 Å². The third kappa shape index (κ3) is 1.77. The van der Waals surface area contributed by atoms with Crippen molar-refractivity contribution in [1.29, 1.82) is 0 Å². The number of aryl methyl sites for hydroxylation is 1. The zero-order valence-corrected chi connectivity index (χ0v) is 7.70. The second-order valence-electron chi connectivity index (χ2n) is 2.31. The minimum Gasteiger partial charge on any atom is -0.263 e. The van der Waals surface area contributed by atoms with E-state index in [4.69, 9.17) is 0 Å². The molecule has 1 nitrogen and oxygen atoms in total. The van der Waals surface area contributed by atoms with Gasteiger partial charge in [0.1, 0.15) is 0 Å². The molecule has 1 heterocycles. The Labute approximate surface area is 75.7 Å². The predicted octanol–water partition coefficient (Wildman–Crippen LogP) is 3.17. The molecule has 0 amide bonds. The van der Waals surface area contributed by atoms with E-state index in [1.807, 2.05) is 0 Å². The summed E-state index contributed by atoms with van der Waals surface area (Å²) in [5, 5.41) is 0. The zero-order chi connectivity index (χ0) is 9.35. The normalized spacial score (nSPS) is 11.8. The molecule has 0 aliphatic rings. The summed E-state index contributed by atoms with van der Waals surface area (Å²) in [4.78, 5) is 3.61. The Hall–Kier alpha value is -0.580. The SMILES string of the molecule is Cc1cncc(Br)c1C(F)(F)F. The molecule has 12 heavy (non-hydrogen) atoms. The van der Waals surface area contributed by atoms with Gasteiger partial charge < -0.3 is 0 Å². The number of hydrogen-bond acceptors (Lipinski definition) is 1. The molecule has 0 aliphatic carbocycles. The van der Waals surface area contributed by atoms with E-state index in [0.29, 0.717) is 0 Å². The number of rotatable bonds is 0. The Balaban J connectivity index is 3.31. The third-order valence-electron chi connectivity index (χ3n) is 1.37. The van der Waals surface area contributed by atoms with Crippen molar-refractivity contribution < 1.29 is 13.2 Å². The molecule has 0 aromatic carbocycles. The largest absolute Gasteiger partial charge is 0.417 e. The molecular formula is C7H5BrF3N. The van der Waals surface area contributed by atoms with E-state index < -0.39 is 11.7 Å². The first-order valence-corrected chi connectivity index (χ1v) is 3.89. The number of alkyl halides is 3. The highest BCUT2D eigenvalue weighted by Crippen LogP contribution is 2.36. The van der Waals surface area contributed by atoms with E-state index in [1.165, 1.54) is 13.1 Å². The summed E-state index contributed by atoms with van der Waals surface area (Å²) < 4.78 is 36.7. The predicted molar refractivity (Wildman–Crippen MR) is 41.7 cm³/mol. The van der Waals surface area contributed by atoms with Crippen molar-refractivity contribution >= 4 is 15.9 Å². The second kappa shape index (κ2) is 3.05. The first-order chi connectivity index (χ1) is 5.43. The maximum absolute atomic E-state index is 12.3. The van der Waals surface area contributed by atoms with Crippen molar-refractivity contribution in [2.75, 3.05) is 0 Å². The van der Waals surface area contributed by atoms with Gasteiger partial charge in [0, 0.05) is 16.9 Å². The highest BCUT2D eigenvalue weighted by molar-refractivity contribution is 9.10. The van der Waals surface area contributed by atoms with Crippen LogP contribution in [-0.2, 0) is 6.18 Å². The van der Waals surface area contributed by atoms with Gasteiger partial charge in [-0.2, -0.15) is 13.2 Å². The number of hydrogen-bond donors (Lipinski definition) is 0. The van der Waals surface area contributed by atoms with Gasteiger partial charge in [0.15, 0.2) is 0 Å². The monoisotopic (exact) mass is 239 g/mol. The summed E-state index contributed by atoms with van der Waals surface area (Å²) in [7, 11) is 0. The molecule has 0 unspecified atom stereocenters. The van der Waals surface area contributed by atoms with Crippen molar-refractivity contribution in [2.45, 2.75) is 13.1 Å². The lowest BCUT2D eigenvalue weighted by molar-refractivity contribution is -0.138. The zero-order valence-electron chi connectivity index (χ0n) is 6.11. The molecule has 0 saturated heterocycles. The fourth-order valence-electron chi connectivity index (χ4n) is 0.891. The average Bonchev–Trinajstić information content (AvgIpc) is 1.82. The maximum atomic E-state index is 12.3. The Morgan fingerprint density at radius 2 is 1.92 bits per heavy atom. The summed E-state index contributed by atoms with van der Waals surface area (Å²) in [5.74, 6) is 0. The minimum absolute atomic E-state index is 0.0185. The van der Waals surface area contributed by atoms with E-state index in [9.17, 15) is 13.2 Å². The fourth-order valence-corrected chi connectivity index (χ4v) is 1.55. The topological polar surface area (TPSA) is 12.9 Å². The average molecular weight is 240 g/mol. The van der Waals surface area contributed by atoms with Gasteiger partial charge in [-0.3, -0.25) is 4.98 Å². The quantitative estimate of drug-likeness (QED) is 0.678. The van der Waals surface area contributed by atoms with E-state index in [2.05, 4.69) is 20.9 Å². The maximum Gasteiger partial charge on any atom is 0.417 e. The number of halogens is 4. The number of nitrogens with zero attached hydrogens (tertiary/aromatic N) is 1. The van der Waals surface area contributed by atoms with Crippen molar-refractivity contribution in [1.82, 2.24) is 4.98 Å². The molecular weight excluding hydrogens is 235 g/mol. The van der Waals surface area contributed by atoms with Gasteiger partial charge in [-0.05, 0) is 28.4 Å². The van der Waals surface area contributed by atoms with E-state index in [1.54, 1.807) is 0 Å². The summed E-state index contributed by atoms with van der Waals surface area (Å²) in [6, 6.07) is 0. The Morgan fingerprint density at radius 1 is 1.33 bits per heavy atom. The Morgan fingerprint density at radius 3 is 2.25 bits per heavy atom. The lowest BCUT2D eigenvalue weighted by Gasteiger charge is -2.10. The van der Waals surface area contributed by atoms with Crippen molar-refractivity contribution in [3.05, 3.63) is 28.0 Å². The van der Waals surface area contributed by atoms with Crippen LogP contribution in [0.2, 0.25) is 0 Å². The van der Waals surface area contributed by atoms with E-state index in [-0.39, 0.29) is 10.0 Å². The van der Waals surface area contributed by atoms with Gasteiger partial charge in [0.2, 0.25) is 0 Å². The van der Waals surface area contributed by atoms with Crippen LogP contribution in [0.3, 0.4) is 0 Å². The van der Waals surface area contributed by atoms with Crippen LogP contribution in [0.1, 0.15) is 11.1 Å². The molecule has 1 aromatic rings. The van der Waals surface area contributed by atoms with Crippen molar-refractivity contribution in [2.24, 2.45) is 0 Å². The van der Waals surface area contributed by atoms with E-state index in [0.717, 1.165) is 6.20 Å². The van der Waals surface area contributed by atoms with Crippen LogP contribution in [-0.4, -0.2) is 4.98 Å². The third-order valence-corrected chi connectivity index (χ3v) is 1.97. The lowest BCUT2D eigenvalue weighted by atomic mass is 10.1. The smallest absolute Gasteiger partial charge is 0.263 e. The second-order valence-corrected chi connectivity index (χ2v) is 3.17. The summed E-state index contributed by atoms with van der Waals surface area (Å²) in [5.41, 5.74) is -0.533. The Kier molecular flexibility index (Phi) is 2.41. The molecule has 0 atom stereocenters. The fraction of sp³-hybridized carbons (Fsp3) is 0.286. The van der Waals surface area contributed by atoms with Gasteiger partial charge in [0.05, 0.1) is 5.56 Å². The highest BCUT2D eigenvalue weighted by atomic mass is 79.9. The number of aromatic nitrogens is 1. The van der Waals surface area contributed by atoms with Crippen LogP contribution in [0.15, 0.2) is 16.9 Å². The molecule has 1 aromatic heterocycles. The van der Waals surface area contributed by atoms with Crippen LogP contribution in [0, 0.1) is 6.92 Å². The molecule has 0 saturated carbocycles. The van der Waals surface area contributed by atoms with Gasteiger partial charge in [0.25, 0.3) is 0 Å². The first-order valence-electron chi connectivity index (χ1n) is 3.10. The lowest BCUT2D eigenvalue weighted by Crippen LogP contribution is -2.08. The molecule has 0 aliphatic heterocycles. The molecule has 0 fully saturated rings. The highest BCUT2D eigenvalue weighted by Gasteiger charge is 2.34. The first kappa shape index (κ1) is 9.51. The molecule has 5 heteroatoms. The number of pyridine rings is 1. The Bertz CT molecular complexity index is 275.